The van der Waals surface area contributed by atoms with Crippen LogP contribution >= 0.6 is 0 Å². The van der Waals surface area contributed by atoms with Crippen LogP contribution in [0.5, 0.6) is 0 Å². The molecule has 1 fully saturated rings. The van der Waals surface area contributed by atoms with E-state index >= 15 is 0 Å². The molecule has 1 aliphatic rings. The monoisotopic (exact) mass is 408 g/mol. The molecule has 31 heavy (non-hydrogen) atoms. The summed E-state index contributed by atoms with van der Waals surface area (Å²) in [7, 11) is 0. The second-order valence-corrected chi connectivity index (χ2v) is 8.48. The maximum Gasteiger partial charge on any atom is 0.178 e. The highest BCUT2D eigenvalue weighted by Crippen LogP contribution is 2.40. The van der Waals surface area contributed by atoms with E-state index in [4.69, 9.17) is 4.98 Å². The zero-order valence-electron chi connectivity index (χ0n) is 18.0. The van der Waals surface area contributed by atoms with Gasteiger partial charge in [-0.05, 0) is 55.5 Å². The first kappa shape index (κ1) is 19.3. The van der Waals surface area contributed by atoms with E-state index in [1.165, 1.54) is 0 Å². The lowest BCUT2D eigenvalue weighted by Gasteiger charge is -2.24. The highest BCUT2D eigenvalue weighted by molar-refractivity contribution is 5.91. The Bertz CT molecular complexity index is 1330. The molecule has 5 rings (SSSR count). The predicted octanol–water partition coefficient (Wildman–Crippen LogP) is 5.02. The minimum Gasteiger partial charge on any atom is -0.370 e. The quantitative estimate of drug-likeness (QED) is 0.515. The number of nitriles is 1. The van der Waals surface area contributed by atoms with Crippen molar-refractivity contribution in [3.05, 3.63) is 59.5 Å². The van der Waals surface area contributed by atoms with Gasteiger partial charge in [0.15, 0.2) is 5.65 Å². The van der Waals surface area contributed by atoms with E-state index in [2.05, 4.69) is 45.8 Å². The molecule has 0 aliphatic carbocycles. The molecule has 3 aromatic heterocycles. The molecule has 0 spiro atoms. The van der Waals surface area contributed by atoms with Gasteiger partial charge in [0.25, 0.3) is 0 Å². The van der Waals surface area contributed by atoms with Gasteiger partial charge < -0.3 is 9.88 Å². The summed E-state index contributed by atoms with van der Waals surface area (Å²) in [5.41, 5.74) is 8.49. The number of nitrogens with zero attached hydrogens (tertiary/aromatic N) is 5. The Kier molecular flexibility index (Phi) is 4.67. The van der Waals surface area contributed by atoms with Crippen LogP contribution in [0.3, 0.4) is 0 Å². The van der Waals surface area contributed by atoms with Gasteiger partial charge in [0, 0.05) is 36.7 Å². The average Bonchev–Trinajstić information content (AvgIpc) is 3.39. The van der Waals surface area contributed by atoms with Gasteiger partial charge in [-0.2, -0.15) is 5.26 Å². The van der Waals surface area contributed by atoms with Crippen molar-refractivity contribution in [2.45, 2.75) is 27.2 Å². The summed E-state index contributed by atoms with van der Waals surface area (Å²) in [6.07, 6.45) is 4.93. The number of nitrogens with one attached hydrogen (secondary N) is 1. The van der Waals surface area contributed by atoms with Crippen LogP contribution in [0.1, 0.15) is 30.2 Å². The van der Waals surface area contributed by atoms with Gasteiger partial charge >= 0.3 is 0 Å². The largest absolute Gasteiger partial charge is 0.370 e. The van der Waals surface area contributed by atoms with E-state index in [-0.39, 0.29) is 0 Å². The smallest absolute Gasteiger partial charge is 0.178 e. The number of hydrogen-bond acceptors (Lipinski definition) is 5. The van der Waals surface area contributed by atoms with Gasteiger partial charge in [0.1, 0.15) is 5.82 Å². The molecule has 0 bridgehead atoms. The lowest BCUT2D eigenvalue weighted by atomic mass is 10.00. The van der Waals surface area contributed by atoms with Crippen LogP contribution < -0.4 is 4.90 Å². The number of aromatic nitrogens is 4. The predicted molar refractivity (Wildman–Crippen MR) is 123 cm³/mol. The topological polar surface area (TPSA) is 81.5 Å². The lowest BCUT2D eigenvalue weighted by Crippen LogP contribution is -2.21. The molecule has 4 aromatic rings. The van der Waals surface area contributed by atoms with E-state index < -0.39 is 0 Å². The molecule has 4 heterocycles. The molecule has 1 aromatic carbocycles. The third-order valence-corrected chi connectivity index (χ3v) is 6.00. The number of H-pyrrole nitrogens is 1. The number of imidazole rings is 1. The number of fused-ring (bicyclic) bond motifs is 1. The summed E-state index contributed by atoms with van der Waals surface area (Å²) >= 11 is 0. The van der Waals surface area contributed by atoms with Crippen molar-refractivity contribution in [3.63, 3.8) is 0 Å². The summed E-state index contributed by atoms with van der Waals surface area (Å²) in [6, 6.07) is 12.0. The fourth-order valence-electron chi connectivity index (χ4n) is 4.51. The first-order valence-electron chi connectivity index (χ1n) is 10.6. The van der Waals surface area contributed by atoms with Crippen molar-refractivity contribution in [2.75, 3.05) is 18.0 Å². The molecule has 1 N–H and O–H groups in total. The summed E-state index contributed by atoms with van der Waals surface area (Å²) < 4.78 is 0. The van der Waals surface area contributed by atoms with Gasteiger partial charge in [-0.3, -0.25) is 4.98 Å². The second kappa shape index (κ2) is 7.51. The molecule has 0 saturated carbocycles. The fourth-order valence-corrected chi connectivity index (χ4v) is 4.51. The molecule has 1 atom stereocenters. The third-order valence-electron chi connectivity index (χ3n) is 6.00. The van der Waals surface area contributed by atoms with Crippen LogP contribution in [-0.2, 0) is 0 Å². The van der Waals surface area contributed by atoms with E-state index in [9.17, 15) is 5.26 Å². The van der Waals surface area contributed by atoms with E-state index in [0.717, 1.165) is 70.1 Å². The number of hydrogen-bond donors (Lipinski definition) is 1. The molecule has 0 amide bonds. The Balaban J connectivity index is 1.74. The Morgan fingerprint density at radius 2 is 1.97 bits per heavy atom. The number of aromatic amines is 1. The van der Waals surface area contributed by atoms with Crippen LogP contribution in [0.15, 0.2) is 42.7 Å². The van der Waals surface area contributed by atoms with E-state index in [1.54, 1.807) is 0 Å². The first-order valence-corrected chi connectivity index (χ1v) is 10.6. The van der Waals surface area contributed by atoms with Crippen LogP contribution in [0, 0.1) is 31.1 Å². The number of pyridine rings is 2. The number of rotatable bonds is 3. The summed E-state index contributed by atoms with van der Waals surface area (Å²) in [4.78, 5) is 19.9. The highest BCUT2D eigenvalue weighted by Gasteiger charge is 2.26. The number of aryl methyl sites for hydroxylation is 2. The average molecular weight is 409 g/mol. The van der Waals surface area contributed by atoms with Gasteiger partial charge in [-0.1, -0.05) is 19.1 Å². The molecule has 6 nitrogen and oxygen atoms in total. The Morgan fingerprint density at radius 3 is 2.74 bits per heavy atom. The van der Waals surface area contributed by atoms with Gasteiger partial charge in [0.05, 0.1) is 28.4 Å². The fraction of sp³-hybridized carbons (Fsp3) is 0.280. The van der Waals surface area contributed by atoms with Crippen LogP contribution in [0.4, 0.5) is 5.69 Å². The molecule has 0 unspecified atom stereocenters. The maximum atomic E-state index is 9.39. The number of benzene rings is 1. The SMILES string of the molecule is Cc1cc(C)c2[nH]c(-c3cncc(-c4cccc(C#N)c4)c3N3CC[C@@H](C)C3)nc2n1. The Labute approximate surface area is 181 Å². The van der Waals surface area contributed by atoms with Crippen LogP contribution in [0.2, 0.25) is 0 Å². The first-order chi connectivity index (χ1) is 15.0. The van der Waals surface area contributed by atoms with Gasteiger partial charge in [-0.15, -0.1) is 0 Å². The molecule has 6 heteroatoms. The Hall–Kier alpha value is -3.72. The normalized spacial score (nSPS) is 16.1. The molecule has 1 saturated heterocycles. The molecule has 154 valence electrons. The highest BCUT2D eigenvalue weighted by atomic mass is 15.2. The summed E-state index contributed by atoms with van der Waals surface area (Å²) in [5.74, 6) is 1.40. The maximum absolute atomic E-state index is 9.39. The van der Waals surface area contributed by atoms with Gasteiger partial charge in [-0.25, -0.2) is 9.97 Å². The zero-order chi connectivity index (χ0) is 21.5. The van der Waals surface area contributed by atoms with Crippen molar-refractivity contribution in [3.8, 4) is 28.6 Å². The van der Waals surface area contributed by atoms with Crippen LogP contribution in [0.25, 0.3) is 33.7 Å². The second-order valence-electron chi connectivity index (χ2n) is 8.48. The van der Waals surface area contributed by atoms with Crippen molar-refractivity contribution >= 4 is 16.9 Å². The molecular formula is C25H24N6. The molecule has 1 aliphatic heterocycles. The van der Waals surface area contributed by atoms with Crippen molar-refractivity contribution < 1.29 is 0 Å². The van der Waals surface area contributed by atoms with Crippen molar-refractivity contribution in [1.82, 2.24) is 19.9 Å². The number of anilines is 1. The minimum atomic E-state index is 0.626. The third kappa shape index (κ3) is 3.42. The minimum absolute atomic E-state index is 0.626. The van der Waals surface area contributed by atoms with Crippen LogP contribution in [-0.4, -0.2) is 33.0 Å². The zero-order valence-corrected chi connectivity index (χ0v) is 18.0. The molecule has 0 radical (unpaired) electrons. The van der Waals surface area contributed by atoms with E-state index in [0.29, 0.717) is 11.5 Å². The van der Waals surface area contributed by atoms with Crippen molar-refractivity contribution in [1.29, 1.82) is 5.26 Å². The molecular weight excluding hydrogens is 384 g/mol. The Morgan fingerprint density at radius 1 is 1.13 bits per heavy atom. The van der Waals surface area contributed by atoms with E-state index in [1.807, 2.05) is 43.6 Å². The lowest BCUT2D eigenvalue weighted by molar-refractivity contribution is 0.659. The summed E-state index contributed by atoms with van der Waals surface area (Å²) in [6.45, 7) is 8.32. The van der Waals surface area contributed by atoms with Gasteiger partial charge in [0.2, 0.25) is 0 Å². The summed E-state index contributed by atoms with van der Waals surface area (Å²) in [5, 5.41) is 9.39. The standard InChI is InChI=1S/C25H24N6/c1-15-7-8-31(14-15)23-20(19-6-4-5-18(10-19)11-26)12-27-13-21(23)24-29-22-16(2)9-17(3)28-25(22)30-24/h4-6,9-10,12-13,15H,7-8,14H2,1-3H3,(H,28,29,30)/t15-/m1/s1. The van der Waals surface area contributed by atoms with Crippen molar-refractivity contribution in [2.24, 2.45) is 5.92 Å².